The Morgan fingerprint density at radius 2 is 1.94 bits per heavy atom. The Hall–Kier alpha value is -0.770. The van der Waals surface area contributed by atoms with Crippen LogP contribution < -0.4 is 10.6 Å². The van der Waals surface area contributed by atoms with Gasteiger partial charge in [-0.1, -0.05) is 0 Å². The second-order valence-corrected chi connectivity index (χ2v) is 6.34. The predicted molar refractivity (Wildman–Crippen MR) is 62.3 cm³/mol. The van der Waals surface area contributed by atoms with Crippen LogP contribution in [0.1, 0.15) is 40.5 Å². The summed E-state index contributed by atoms with van der Waals surface area (Å²) in [5.41, 5.74) is -0.289. The number of carbonyl (C=O) groups excluding carboxylic acids is 1. The van der Waals surface area contributed by atoms with Crippen LogP contribution in [0.3, 0.4) is 0 Å². The molecule has 1 saturated heterocycles. The Morgan fingerprint density at radius 3 is 2.44 bits per heavy atom. The van der Waals surface area contributed by atoms with Crippen molar-refractivity contribution in [2.75, 3.05) is 13.1 Å². The highest BCUT2D eigenvalue weighted by atomic mass is 16.6. The molecular weight excluding hydrogens is 204 g/mol. The number of amides is 1. The largest absolute Gasteiger partial charge is 0.444 e. The van der Waals surface area contributed by atoms with Crippen molar-refractivity contribution in [1.82, 2.24) is 10.6 Å². The highest BCUT2D eigenvalue weighted by Crippen LogP contribution is 2.55. The molecule has 0 unspecified atom stereocenters. The number of ether oxygens (including phenoxy) is 1. The summed E-state index contributed by atoms with van der Waals surface area (Å²) in [7, 11) is 0. The first kappa shape index (κ1) is 11.7. The molecule has 0 radical (unpaired) electrons. The van der Waals surface area contributed by atoms with Gasteiger partial charge in [-0.05, 0) is 40.5 Å². The van der Waals surface area contributed by atoms with E-state index in [0.717, 1.165) is 13.1 Å². The normalized spacial score (nSPS) is 31.5. The van der Waals surface area contributed by atoms with Crippen LogP contribution in [-0.2, 0) is 4.74 Å². The summed E-state index contributed by atoms with van der Waals surface area (Å²) < 4.78 is 5.31. The minimum absolute atomic E-state index is 0.144. The summed E-state index contributed by atoms with van der Waals surface area (Å²) in [4.78, 5) is 11.8. The second-order valence-electron chi connectivity index (χ2n) is 6.34. The molecule has 0 bridgehead atoms. The molecule has 4 nitrogen and oxygen atoms in total. The van der Waals surface area contributed by atoms with Gasteiger partial charge in [0, 0.05) is 18.5 Å². The summed E-state index contributed by atoms with van der Waals surface area (Å²) >= 11 is 0. The summed E-state index contributed by atoms with van der Waals surface area (Å²) in [5, 5.41) is 6.40. The van der Waals surface area contributed by atoms with Crippen molar-refractivity contribution in [1.29, 1.82) is 0 Å². The lowest BCUT2D eigenvalue weighted by molar-refractivity contribution is 0.0439. The molecule has 0 aromatic rings. The average Bonchev–Trinajstić information content (AvgIpc) is 2.74. The fourth-order valence-corrected chi connectivity index (χ4v) is 2.52. The van der Waals surface area contributed by atoms with Crippen LogP contribution >= 0.6 is 0 Å². The minimum atomic E-state index is -0.427. The third-order valence-corrected chi connectivity index (χ3v) is 3.74. The number of hydrogen-bond donors (Lipinski definition) is 2. The topological polar surface area (TPSA) is 50.4 Å². The molecule has 2 rings (SSSR count). The minimum Gasteiger partial charge on any atom is -0.444 e. The second kappa shape index (κ2) is 3.36. The van der Waals surface area contributed by atoms with E-state index in [-0.39, 0.29) is 17.0 Å². The van der Waals surface area contributed by atoms with Crippen molar-refractivity contribution in [3.63, 3.8) is 0 Å². The lowest BCUT2D eigenvalue weighted by Crippen LogP contribution is -2.54. The van der Waals surface area contributed by atoms with E-state index >= 15 is 0 Å². The number of nitrogens with one attached hydrogen (secondary N) is 2. The van der Waals surface area contributed by atoms with E-state index < -0.39 is 5.60 Å². The average molecular weight is 226 g/mol. The standard InChI is InChI=1S/C12H22N2O2/c1-10(2,3)16-9(15)14-11(4)7-13-8-12(11)5-6-12/h13H,5-8H2,1-4H3,(H,14,15)/t11-/m1/s1. The van der Waals surface area contributed by atoms with Gasteiger partial charge in [0.25, 0.3) is 0 Å². The van der Waals surface area contributed by atoms with Gasteiger partial charge in [-0.2, -0.15) is 0 Å². The lowest BCUT2D eigenvalue weighted by atomic mass is 9.86. The summed E-state index contributed by atoms with van der Waals surface area (Å²) in [6, 6.07) is 0. The fourth-order valence-electron chi connectivity index (χ4n) is 2.52. The van der Waals surface area contributed by atoms with Gasteiger partial charge in [0.2, 0.25) is 0 Å². The molecule has 1 spiro atoms. The van der Waals surface area contributed by atoms with Crippen molar-refractivity contribution in [2.24, 2.45) is 5.41 Å². The van der Waals surface area contributed by atoms with Crippen LogP contribution in [0, 0.1) is 5.41 Å². The Morgan fingerprint density at radius 1 is 1.31 bits per heavy atom. The van der Waals surface area contributed by atoms with Gasteiger partial charge in [0.1, 0.15) is 5.60 Å². The quantitative estimate of drug-likeness (QED) is 0.715. The zero-order chi connectivity index (χ0) is 12.0. The van der Waals surface area contributed by atoms with Crippen molar-refractivity contribution in [2.45, 2.75) is 51.7 Å². The van der Waals surface area contributed by atoms with Crippen molar-refractivity contribution in [3.8, 4) is 0 Å². The lowest BCUT2D eigenvalue weighted by Gasteiger charge is -2.33. The maximum Gasteiger partial charge on any atom is 0.408 e. The van der Waals surface area contributed by atoms with E-state index in [1.165, 1.54) is 12.8 Å². The van der Waals surface area contributed by atoms with E-state index in [1.807, 2.05) is 20.8 Å². The van der Waals surface area contributed by atoms with Crippen LogP contribution in [0.5, 0.6) is 0 Å². The number of carbonyl (C=O) groups is 1. The maximum atomic E-state index is 11.8. The van der Waals surface area contributed by atoms with E-state index in [2.05, 4.69) is 17.6 Å². The molecule has 4 heteroatoms. The molecular formula is C12H22N2O2. The first-order chi connectivity index (χ1) is 7.27. The van der Waals surface area contributed by atoms with E-state index in [0.29, 0.717) is 0 Å². The van der Waals surface area contributed by atoms with Crippen LogP contribution in [0.15, 0.2) is 0 Å². The molecule has 2 fully saturated rings. The third-order valence-electron chi connectivity index (χ3n) is 3.74. The van der Waals surface area contributed by atoms with Gasteiger partial charge in [0.15, 0.2) is 0 Å². The predicted octanol–water partition coefficient (Wildman–Crippen LogP) is 1.65. The molecule has 1 aliphatic carbocycles. The van der Waals surface area contributed by atoms with Crippen molar-refractivity contribution >= 4 is 6.09 Å². The van der Waals surface area contributed by atoms with Crippen LogP contribution in [-0.4, -0.2) is 30.3 Å². The van der Waals surface area contributed by atoms with Crippen LogP contribution in [0.25, 0.3) is 0 Å². The number of hydrogen-bond acceptors (Lipinski definition) is 3. The molecule has 1 saturated carbocycles. The van der Waals surface area contributed by atoms with Crippen LogP contribution in [0.2, 0.25) is 0 Å². The van der Waals surface area contributed by atoms with Gasteiger partial charge < -0.3 is 15.4 Å². The van der Waals surface area contributed by atoms with E-state index in [1.54, 1.807) is 0 Å². The van der Waals surface area contributed by atoms with Crippen molar-refractivity contribution < 1.29 is 9.53 Å². The molecule has 92 valence electrons. The highest BCUT2D eigenvalue weighted by Gasteiger charge is 2.60. The van der Waals surface area contributed by atoms with Gasteiger partial charge in [-0.3, -0.25) is 0 Å². The third kappa shape index (κ3) is 2.03. The summed E-state index contributed by atoms with van der Waals surface area (Å²) in [6.07, 6.45) is 2.10. The van der Waals surface area contributed by atoms with Gasteiger partial charge in [-0.25, -0.2) is 4.79 Å². The monoisotopic (exact) mass is 226 g/mol. The van der Waals surface area contributed by atoms with Crippen LogP contribution in [0.4, 0.5) is 4.79 Å². The Balaban J connectivity index is 1.96. The smallest absolute Gasteiger partial charge is 0.408 e. The zero-order valence-corrected chi connectivity index (χ0v) is 10.6. The van der Waals surface area contributed by atoms with Gasteiger partial charge in [-0.15, -0.1) is 0 Å². The SMILES string of the molecule is CC(C)(C)OC(=O)N[C@]1(C)CNCC12CC2. The molecule has 1 atom stereocenters. The number of rotatable bonds is 1. The van der Waals surface area contributed by atoms with Crippen molar-refractivity contribution in [3.05, 3.63) is 0 Å². The van der Waals surface area contributed by atoms with Gasteiger partial charge in [0.05, 0.1) is 5.54 Å². The molecule has 0 aromatic heterocycles. The molecule has 1 heterocycles. The molecule has 1 amide bonds. The molecule has 0 aromatic carbocycles. The molecule has 2 N–H and O–H groups in total. The first-order valence-electron chi connectivity index (χ1n) is 5.98. The summed E-state index contributed by atoms with van der Waals surface area (Å²) in [5.74, 6) is 0. The Kier molecular flexibility index (Phi) is 2.46. The molecule has 16 heavy (non-hydrogen) atoms. The first-order valence-corrected chi connectivity index (χ1v) is 5.98. The summed E-state index contributed by atoms with van der Waals surface area (Å²) in [6.45, 7) is 9.62. The Labute approximate surface area is 97.1 Å². The number of alkyl carbamates (subject to hydrolysis) is 1. The zero-order valence-electron chi connectivity index (χ0n) is 10.6. The van der Waals surface area contributed by atoms with Gasteiger partial charge >= 0.3 is 6.09 Å². The maximum absolute atomic E-state index is 11.8. The molecule has 1 aliphatic heterocycles. The van der Waals surface area contributed by atoms with E-state index in [4.69, 9.17) is 4.74 Å². The highest BCUT2D eigenvalue weighted by molar-refractivity contribution is 5.69. The van der Waals surface area contributed by atoms with E-state index in [9.17, 15) is 4.79 Å². The molecule has 2 aliphatic rings. The Bertz CT molecular complexity index is 305. The fraction of sp³-hybridized carbons (Fsp3) is 0.917.